The zero-order chi connectivity index (χ0) is 21.3. The van der Waals surface area contributed by atoms with Gasteiger partial charge in [-0.1, -0.05) is 30.3 Å². The molecule has 1 aromatic heterocycles. The van der Waals surface area contributed by atoms with Crippen LogP contribution in [-0.2, 0) is 11.3 Å². The Labute approximate surface area is 181 Å². The van der Waals surface area contributed by atoms with Crippen molar-refractivity contribution in [2.24, 2.45) is 17.8 Å². The number of amides is 1. The maximum Gasteiger partial charge on any atom is 0.262 e. The van der Waals surface area contributed by atoms with Crippen molar-refractivity contribution in [2.45, 2.75) is 68.9 Å². The third-order valence-corrected chi connectivity index (χ3v) is 7.91. The summed E-state index contributed by atoms with van der Waals surface area (Å²) in [5.41, 5.74) is 0.507. The molecule has 2 bridgehead atoms. The second-order valence-electron chi connectivity index (χ2n) is 8.84. The number of fused-ring (bicyclic) bond motifs is 3. The van der Waals surface area contributed by atoms with Gasteiger partial charge in [-0.15, -0.1) is 0 Å². The molecule has 0 aliphatic heterocycles. The van der Waals surface area contributed by atoms with Gasteiger partial charge in [-0.05, 0) is 69.4 Å². The molecule has 4 rings (SSSR count). The van der Waals surface area contributed by atoms with E-state index in [4.69, 9.17) is 0 Å². The number of benzene rings is 1. The SMILES string of the molecule is CC(Sc1nc2ccccc2c(=O)n1CCCO)C(=O)NC(C)C1CC2CCC1C2. The predicted octanol–water partition coefficient (Wildman–Crippen LogP) is 3.20. The van der Waals surface area contributed by atoms with Crippen molar-refractivity contribution in [3.05, 3.63) is 34.6 Å². The monoisotopic (exact) mass is 429 g/mol. The molecule has 0 spiro atoms. The van der Waals surface area contributed by atoms with Crippen LogP contribution in [0.15, 0.2) is 34.2 Å². The van der Waals surface area contributed by atoms with E-state index in [9.17, 15) is 14.7 Å². The van der Waals surface area contributed by atoms with E-state index in [0.29, 0.717) is 34.9 Å². The van der Waals surface area contributed by atoms with Crippen molar-refractivity contribution in [1.29, 1.82) is 0 Å². The summed E-state index contributed by atoms with van der Waals surface area (Å²) in [5, 5.41) is 13.2. The van der Waals surface area contributed by atoms with E-state index in [-0.39, 0.29) is 29.4 Å². The topological polar surface area (TPSA) is 84.2 Å². The van der Waals surface area contributed by atoms with Crippen LogP contribution in [0.1, 0.15) is 46.0 Å². The number of hydrogen-bond donors (Lipinski definition) is 2. The normalized spacial score (nSPS) is 24.8. The summed E-state index contributed by atoms with van der Waals surface area (Å²) in [6, 6.07) is 7.44. The number of aromatic nitrogens is 2. The summed E-state index contributed by atoms with van der Waals surface area (Å²) in [6.45, 7) is 4.38. The molecule has 2 aliphatic carbocycles. The van der Waals surface area contributed by atoms with Crippen molar-refractivity contribution in [3.63, 3.8) is 0 Å². The Kier molecular flexibility index (Phi) is 6.48. The minimum absolute atomic E-state index is 0.000473. The molecular formula is C23H31N3O3S. The van der Waals surface area contributed by atoms with Gasteiger partial charge >= 0.3 is 0 Å². The van der Waals surface area contributed by atoms with Gasteiger partial charge in [-0.3, -0.25) is 14.2 Å². The van der Waals surface area contributed by atoms with Crippen LogP contribution in [0.2, 0.25) is 0 Å². The van der Waals surface area contributed by atoms with Gasteiger partial charge in [0.25, 0.3) is 5.56 Å². The molecule has 5 atom stereocenters. The summed E-state index contributed by atoms with van der Waals surface area (Å²) in [6.07, 6.45) is 5.69. The average Bonchev–Trinajstić information content (AvgIpc) is 3.37. The zero-order valence-corrected chi connectivity index (χ0v) is 18.5. The Bertz CT molecular complexity index is 976. The lowest BCUT2D eigenvalue weighted by Gasteiger charge is -2.29. The first-order chi connectivity index (χ1) is 14.5. The number of para-hydroxylation sites is 1. The van der Waals surface area contributed by atoms with E-state index < -0.39 is 0 Å². The number of aliphatic hydroxyl groups is 1. The van der Waals surface area contributed by atoms with Gasteiger partial charge in [0.15, 0.2) is 5.16 Å². The Morgan fingerprint density at radius 2 is 2.10 bits per heavy atom. The molecule has 162 valence electrons. The van der Waals surface area contributed by atoms with E-state index in [1.54, 1.807) is 10.6 Å². The van der Waals surface area contributed by atoms with E-state index in [0.717, 1.165) is 11.8 Å². The van der Waals surface area contributed by atoms with Crippen LogP contribution >= 0.6 is 11.8 Å². The minimum atomic E-state index is -0.362. The van der Waals surface area contributed by atoms with Crippen LogP contribution in [0.4, 0.5) is 0 Å². The largest absolute Gasteiger partial charge is 0.396 e. The minimum Gasteiger partial charge on any atom is -0.396 e. The standard InChI is InChI=1S/C23H31N3O3S/c1-14(19-13-16-8-9-17(19)12-16)24-21(28)15(2)30-23-25-20-7-4-3-6-18(20)22(29)26(23)10-5-11-27/h3-4,6-7,14-17,19,27H,5,8-13H2,1-2H3,(H,24,28). The van der Waals surface area contributed by atoms with E-state index in [2.05, 4.69) is 17.2 Å². The molecular weight excluding hydrogens is 398 g/mol. The number of nitrogens with one attached hydrogen (secondary N) is 1. The second kappa shape index (κ2) is 9.10. The zero-order valence-electron chi connectivity index (χ0n) is 17.7. The smallest absolute Gasteiger partial charge is 0.262 e. The molecule has 0 radical (unpaired) electrons. The Balaban J connectivity index is 1.49. The number of rotatable bonds is 8. The molecule has 7 heteroatoms. The first-order valence-corrected chi connectivity index (χ1v) is 11.9. The maximum atomic E-state index is 13.0. The van der Waals surface area contributed by atoms with Crippen molar-refractivity contribution in [1.82, 2.24) is 14.9 Å². The van der Waals surface area contributed by atoms with Crippen LogP contribution < -0.4 is 10.9 Å². The number of carbonyl (C=O) groups is 1. The van der Waals surface area contributed by atoms with Crippen LogP contribution in [-0.4, -0.2) is 38.5 Å². The lowest BCUT2D eigenvalue weighted by molar-refractivity contribution is -0.121. The van der Waals surface area contributed by atoms with Gasteiger partial charge in [-0.25, -0.2) is 4.98 Å². The van der Waals surface area contributed by atoms with E-state index in [1.807, 2.05) is 25.1 Å². The molecule has 2 aromatic rings. The van der Waals surface area contributed by atoms with Crippen molar-refractivity contribution in [3.8, 4) is 0 Å². The Morgan fingerprint density at radius 1 is 1.30 bits per heavy atom. The highest BCUT2D eigenvalue weighted by Crippen LogP contribution is 2.49. The van der Waals surface area contributed by atoms with Crippen LogP contribution in [0.3, 0.4) is 0 Å². The highest BCUT2D eigenvalue weighted by molar-refractivity contribution is 8.00. The molecule has 2 aliphatic rings. The van der Waals surface area contributed by atoms with Gasteiger partial charge in [0.2, 0.25) is 5.91 Å². The molecule has 6 nitrogen and oxygen atoms in total. The number of nitrogens with zero attached hydrogens (tertiary/aromatic N) is 2. The summed E-state index contributed by atoms with van der Waals surface area (Å²) in [4.78, 5) is 30.5. The van der Waals surface area contributed by atoms with Crippen LogP contribution in [0.5, 0.6) is 0 Å². The third-order valence-electron chi connectivity index (χ3n) is 6.82. The van der Waals surface area contributed by atoms with Crippen LogP contribution in [0, 0.1) is 17.8 Å². The molecule has 1 heterocycles. The lowest BCUT2D eigenvalue weighted by Crippen LogP contribution is -2.43. The first-order valence-electron chi connectivity index (χ1n) is 11.1. The fourth-order valence-electron chi connectivity index (χ4n) is 5.23. The van der Waals surface area contributed by atoms with E-state index in [1.165, 1.54) is 37.4 Å². The molecule has 1 aromatic carbocycles. The highest BCUT2D eigenvalue weighted by Gasteiger charge is 2.42. The maximum absolute atomic E-state index is 13.0. The lowest BCUT2D eigenvalue weighted by atomic mass is 9.84. The quantitative estimate of drug-likeness (QED) is 0.497. The van der Waals surface area contributed by atoms with Gasteiger partial charge in [-0.2, -0.15) is 0 Å². The summed E-state index contributed by atoms with van der Waals surface area (Å²) < 4.78 is 1.59. The third kappa shape index (κ3) is 4.28. The number of hydrogen-bond acceptors (Lipinski definition) is 5. The van der Waals surface area contributed by atoms with Gasteiger partial charge in [0.05, 0.1) is 16.2 Å². The Hall–Kier alpha value is -1.86. The van der Waals surface area contributed by atoms with Gasteiger partial charge in [0.1, 0.15) is 0 Å². The molecule has 2 fully saturated rings. The number of thioether (sulfide) groups is 1. The van der Waals surface area contributed by atoms with Crippen molar-refractivity contribution >= 4 is 28.6 Å². The van der Waals surface area contributed by atoms with Crippen LogP contribution in [0.25, 0.3) is 10.9 Å². The fourth-order valence-corrected chi connectivity index (χ4v) is 6.17. The van der Waals surface area contributed by atoms with Gasteiger partial charge in [0, 0.05) is 19.2 Å². The number of aliphatic hydroxyl groups excluding tert-OH is 1. The Morgan fingerprint density at radius 3 is 2.80 bits per heavy atom. The second-order valence-corrected chi connectivity index (χ2v) is 10.1. The molecule has 1 amide bonds. The molecule has 2 N–H and O–H groups in total. The molecule has 2 saturated carbocycles. The molecule has 30 heavy (non-hydrogen) atoms. The van der Waals surface area contributed by atoms with Gasteiger partial charge < -0.3 is 10.4 Å². The first kappa shape index (κ1) is 21.4. The summed E-state index contributed by atoms with van der Waals surface area (Å²) in [5.74, 6) is 2.20. The van der Waals surface area contributed by atoms with Crippen molar-refractivity contribution in [2.75, 3.05) is 6.61 Å². The number of carbonyl (C=O) groups excluding carboxylic acids is 1. The molecule has 5 unspecified atom stereocenters. The summed E-state index contributed by atoms with van der Waals surface area (Å²) >= 11 is 1.32. The summed E-state index contributed by atoms with van der Waals surface area (Å²) in [7, 11) is 0. The molecule has 0 saturated heterocycles. The highest BCUT2D eigenvalue weighted by atomic mass is 32.2. The van der Waals surface area contributed by atoms with Crippen molar-refractivity contribution < 1.29 is 9.90 Å². The fraction of sp³-hybridized carbons (Fsp3) is 0.609. The average molecular weight is 430 g/mol. The predicted molar refractivity (Wildman–Crippen MR) is 120 cm³/mol. The van der Waals surface area contributed by atoms with E-state index >= 15 is 0 Å².